The van der Waals surface area contributed by atoms with Crippen LogP contribution in [0.4, 0.5) is 0 Å². The molecule has 0 saturated carbocycles. The number of benzene rings is 2. The van der Waals surface area contributed by atoms with Gasteiger partial charge in [0.1, 0.15) is 23.7 Å². The summed E-state index contributed by atoms with van der Waals surface area (Å²) in [6, 6.07) is 17.5. The van der Waals surface area contributed by atoms with Gasteiger partial charge in [0.05, 0.1) is 19.4 Å². The zero-order valence-corrected chi connectivity index (χ0v) is 16.5. The van der Waals surface area contributed by atoms with Crippen molar-refractivity contribution in [3.63, 3.8) is 0 Å². The van der Waals surface area contributed by atoms with Gasteiger partial charge in [-0.15, -0.1) is 0 Å². The average Bonchev–Trinajstić information content (AvgIpc) is 3.04. The Balaban J connectivity index is 1.60. The molecule has 0 saturated heterocycles. The lowest BCUT2D eigenvalue weighted by Crippen LogP contribution is -2.48. The molecular weight excluding hydrogens is 350 g/mol. The van der Waals surface area contributed by atoms with Crippen LogP contribution in [0.3, 0.4) is 0 Å². The van der Waals surface area contributed by atoms with Gasteiger partial charge < -0.3 is 4.74 Å². The molecule has 0 fully saturated rings. The van der Waals surface area contributed by atoms with Gasteiger partial charge in [-0.2, -0.15) is 0 Å². The maximum atomic E-state index is 13.1. The SMILES string of the molecule is COc1ccc(CC2N=C3C(C(C)C)N=C(c4ccccc4)CN3C2=O)cc1. The minimum atomic E-state index is -0.380. The number of methoxy groups -OCH3 is 1. The van der Waals surface area contributed by atoms with Crippen molar-refractivity contribution < 1.29 is 9.53 Å². The number of hydrogen-bond acceptors (Lipinski definition) is 4. The number of nitrogens with zero attached hydrogens (tertiary/aromatic N) is 3. The highest BCUT2D eigenvalue weighted by Gasteiger charge is 2.42. The predicted molar refractivity (Wildman–Crippen MR) is 111 cm³/mol. The summed E-state index contributed by atoms with van der Waals surface area (Å²) in [6.07, 6.45) is 0.592. The number of amides is 1. The maximum absolute atomic E-state index is 13.1. The summed E-state index contributed by atoms with van der Waals surface area (Å²) in [4.78, 5) is 24.8. The van der Waals surface area contributed by atoms with Crippen LogP contribution in [0.5, 0.6) is 5.75 Å². The second-order valence-corrected chi connectivity index (χ2v) is 7.61. The summed E-state index contributed by atoms with van der Waals surface area (Å²) in [7, 11) is 1.65. The van der Waals surface area contributed by atoms with E-state index in [4.69, 9.17) is 14.7 Å². The highest BCUT2D eigenvalue weighted by Crippen LogP contribution is 2.27. The molecule has 5 nitrogen and oxygen atoms in total. The average molecular weight is 375 g/mol. The van der Waals surface area contributed by atoms with E-state index in [1.54, 1.807) is 7.11 Å². The molecule has 0 radical (unpaired) electrons. The highest BCUT2D eigenvalue weighted by molar-refractivity contribution is 6.16. The van der Waals surface area contributed by atoms with Gasteiger partial charge in [-0.3, -0.25) is 19.7 Å². The van der Waals surface area contributed by atoms with Gasteiger partial charge >= 0.3 is 0 Å². The third-order valence-corrected chi connectivity index (χ3v) is 5.31. The Bertz CT molecular complexity index is 917. The fraction of sp³-hybridized carbons (Fsp3) is 0.348. The Hall–Kier alpha value is -2.95. The van der Waals surface area contributed by atoms with E-state index in [2.05, 4.69) is 13.8 Å². The lowest BCUT2D eigenvalue weighted by Gasteiger charge is -2.31. The molecule has 0 bridgehead atoms. The fourth-order valence-corrected chi connectivity index (χ4v) is 3.75. The van der Waals surface area contributed by atoms with Crippen molar-refractivity contribution in [1.29, 1.82) is 0 Å². The van der Waals surface area contributed by atoms with E-state index in [-0.39, 0.29) is 23.9 Å². The van der Waals surface area contributed by atoms with Crippen LogP contribution in [0.15, 0.2) is 64.6 Å². The first-order valence-electron chi connectivity index (χ1n) is 9.71. The molecule has 144 valence electrons. The van der Waals surface area contributed by atoms with Gasteiger partial charge in [0, 0.05) is 6.42 Å². The molecule has 0 aliphatic carbocycles. The first-order chi connectivity index (χ1) is 13.6. The maximum Gasteiger partial charge on any atom is 0.253 e. The second-order valence-electron chi connectivity index (χ2n) is 7.61. The fourth-order valence-electron chi connectivity index (χ4n) is 3.75. The summed E-state index contributed by atoms with van der Waals surface area (Å²) in [5, 5.41) is 0. The molecule has 2 aliphatic rings. The van der Waals surface area contributed by atoms with Crippen LogP contribution >= 0.6 is 0 Å². The molecule has 0 aromatic heterocycles. The quantitative estimate of drug-likeness (QED) is 0.804. The molecule has 4 rings (SSSR count). The van der Waals surface area contributed by atoms with Gasteiger partial charge in [0.25, 0.3) is 5.91 Å². The van der Waals surface area contributed by atoms with Crippen LogP contribution in [0, 0.1) is 5.92 Å². The monoisotopic (exact) mass is 375 g/mol. The molecule has 2 atom stereocenters. The molecule has 2 aliphatic heterocycles. The van der Waals surface area contributed by atoms with Crippen molar-refractivity contribution in [2.75, 3.05) is 13.7 Å². The predicted octanol–water partition coefficient (Wildman–Crippen LogP) is 3.37. The van der Waals surface area contributed by atoms with Gasteiger partial charge in [-0.1, -0.05) is 56.3 Å². The molecule has 28 heavy (non-hydrogen) atoms. The highest BCUT2D eigenvalue weighted by atomic mass is 16.5. The number of carbonyl (C=O) groups excluding carboxylic acids is 1. The van der Waals surface area contributed by atoms with Crippen molar-refractivity contribution in [3.05, 3.63) is 65.7 Å². The number of fused-ring (bicyclic) bond motifs is 1. The standard InChI is InChI=1S/C23H25N3O2/c1-15(2)21-22-25-19(13-16-9-11-18(28-3)12-10-16)23(27)26(22)14-20(24-21)17-7-5-4-6-8-17/h4-12,15,19,21H,13-14H2,1-3H3. The van der Waals surface area contributed by atoms with Gasteiger partial charge in [-0.05, 0) is 29.2 Å². The minimum absolute atomic E-state index is 0.0693. The molecule has 5 heteroatoms. The van der Waals surface area contributed by atoms with E-state index < -0.39 is 0 Å². The van der Waals surface area contributed by atoms with Crippen LogP contribution in [0.25, 0.3) is 0 Å². The van der Waals surface area contributed by atoms with Gasteiger partial charge in [-0.25, -0.2) is 0 Å². The van der Waals surface area contributed by atoms with E-state index in [1.807, 2.05) is 59.5 Å². The Morgan fingerprint density at radius 1 is 1.07 bits per heavy atom. The van der Waals surface area contributed by atoms with Crippen LogP contribution < -0.4 is 4.74 Å². The lowest BCUT2D eigenvalue weighted by molar-refractivity contribution is -0.126. The lowest BCUT2D eigenvalue weighted by atomic mass is 9.98. The molecular formula is C23H25N3O2. The van der Waals surface area contributed by atoms with E-state index in [1.165, 1.54) is 0 Å². The van der Waals surface area contributed by atoms with Crippen molar-refractivity contribution in [2.24, 2.45) is 15.9 Å². The molecule has 0 N–H and O–H groups in total. The van der Waals surface area contributed by atoms with Crippen LogP contribution in [-0.4, -0.2) is 48.1 Å². The van der Waals surface area contributed by atoms with Crippen molar-refractivity contribution in [2.45, 2.75) is 32.4 Å². The summed E-state index contributed by atoms with van der Waals surface area (Å²) >= 11 is 0. The van der Waals surface area contributed by atoms with Crippen LogP contribution in [0.1, 0.15) is 25.0 Å². The summed E-state index contributed by atoms with van der Waals surface area (Å²) < 4.78 is 5.21. The Morgan fingerprint density at radius 2 is 1.79 bits per heavy atom. The Labute approximate surface area is 165 Å². The number of aliphatic imine (C=N–C) groups is 2. The summed E-state index contributed by atoms with van der Waals surface area (Å²) in [6.45, 7) is 4.75. The smallest absolute Gasteiger partial charge is 0.253 e. The zero-order valence-electron chi connectivity index (χ0n) is 16.5. The van der Waals surface area contributed by atoms with Crippen molar-refractivity contribution in [3.8, 4) is 5.75 Å². The Morgan fingerprint density at radius 3 is 2.43 bits per heavy atom. The second kappa shape index (κ2) is 7.58. The van der Waals surface area contributed by atoms with E-state index in [0.29, 0.717) is 13.0 Å². The molecule has 2 unspecified atom stereocenters. The number of carbonyl (C=O) groups is 1. The molecule has 2 heterocycles. The number of hydrogen-bond donors (Lipinski definition) is 0. The van der Waals surface area contributed by atoms with E-state index in [9.17, 15) is 4.79 Å². The number of ether oxygens (including phenoxy) is 1. The van der Waals surface area contributed by atoms with E-state index >= 15 is 0 Å². The number of amidine groups is 1. The molecule has 2 aromatic rings. The minimum Gasteiger partial charge on any atom is -0.497 e. The zero-order chi connectivity index (χ0) is 19.7. The van der Waals surface area contributed by atoms with Crippen molar-refractivity contribution in [1.82, 2.24) is 4.90 Å². The first kappa shape index (κ1) is 18.4. The van der Waals surface area contributed by atoms with Crippen LogP contribution in [0.2, 0.25) is 0 Å². The van der Waals surface area contributed by atoms with Crippen LogP contribution in [-0.2, 0) is 11.2 Å². The third-order valence-electron chi connectivity index (χ3n) is 5.31. The van der Waals surface area contributed by atoms with Gasteiger partial charge in [0.15, 0.2) is 0 Å². The number of rotatable bonds is 5. The summed E-state index contributed by atoms with van der Waals surface area (Å²) in [5.41, 5.74) is 3.10. The first-order valence-corrected chi connectivity index (χ1v) is 9.71. The van der Waals surface area contributed by atoms with E-state index in [0.717, 1.165) is 28.4 Å². The van der Waals surface area contributed by atoms with Crippen molar-refractivity contribution >= 4 is 17.5 Å². The molecule has 0 spiro atoms. The third kappa shape index (κ3) is 3.44. The Kier molecular flexibility index (Phi) is 4.99. The summed E-state index contributed by atoms with van der Waals surface area (Å²) in [5.74, 6) is 1.97. The topological polar surface area (TPSA) is 54.3 Å². The van der Waals surface area contributed by atoms with Gasteiger partial charge in [0.2, 0.25) is 0 Å². The molecule has 2 aromatic carbocycles. The normalized spacial score (nSPS) is 21.4. The largest absolute Gasteiger partial charge is 0.497 e. The molecule has 1 amide bonds.